The second kappa shape index (κ2) is 4.70. The van der Waals surface area contributed by atoms with Crippen molar-refractivity contribution in [3.63, 3.8) is 0 Å². The molecule has 0 bridgehead atoms. The fourth-order valence-electron chi connectivity index (χ4n) is 1.36. The van der Waals surface area contributed by atoms with E-state index in [4.69, 9.17) is 11.5 Å². The average Bonchev–Trinajstić information content (AvgIpc) is 2.16. The molecular weight excluding hydrogens is 172 g/mol. The van der Waals surface area contributed by atoms with Gasteiger partial charge in [0, 0.05) is 11.4 Å². The van der Waals surface area contributed by atoms with Crippen LogP contribution in [0.3, 0.4) is 0 Å². The predicted octanol–water partition coefficient (Wildman–Crippen LogP) is 2.08. The Bertz CT molecular complexity index is 336. The number of hydrogen-bond acceptors (Lipinski definition) is 2. The lowest BCUT2D eigenvalue weighted by Gasteiger charge is -2.06. The minimum atomic E-state index is 0.735. The number of aryl methyl sites for hydroxylation is 2. The van der Waals surface area contributed by atoms with Gasteiger partial charge in [-0.2, -0.15) is 0 Å². The van der Waals surface area contributed by atoms with Gasteiger partial charge in [0.1, 0.15) is 0 Å². The molecule has 0 heterocycles. The fourth-order valence-corrected chi connectivity index (χ4v) is 1.36. The van der Waals surface area contributed by atoms with E-state index < -0.39 is 0 Å². The maximum atomic E-state index is 5.77. The van der Waals surface area contributed by atoms with Gasteiger partial charge in [-0.1, -0.05) is 24.3 Å². The van der Waals surface area contributed by atoms with Gasteiger partial charge in [-0.3, -0.25) is 0 Å². The van der Waals surface area contributed by atoms with E-state index in [0.717, 1.165) is 24.2 Å². The van der Waals surface area contributed by atoms with Crippen molar-refractivity contribution in [3.8, 4) is 0 Å². The molecule has 0 saturated carbocycles. The quantitative estimate of drug-likeness (QED) is 0.766. The van der Waals surface area contributed by atoms with Crippen molar-refractivity contribution in [3.05, 3.63) is 46.8 Å². The summed E-state index contributed by atoms with van der Waals surface area (Å²) in [6, 6.07) is 8.35. The third-order valence-electron chi connectivity index (χ3n) is 2.43. The smallest absolute Gasteiger partial charge is 0.0271 e. The molecule has 14 heavy (non-hydrogen) atoms. The number of hydrogen-bond donors (Lipinski definition) is 2. The normalized spacial score (nSPS) is 12.4. The van der Waals surface area contributed by atoms with Crippen molar-refractivity contribution in [1.82, 2.24) is 0 Å². The van der Waals surface area contributed by atoms with Gasteiger partial charge in [0.05, 0.1) is 0 Å². The number of allylic oxidation sites excluding steroid dienone is 2. The summed E-state index contributed by atoms with van der Waals surface area (Å²) in [6.45, 7) is 3.96. The molecule has 2 heteroatoms. The SMILES string of the molecule is C/C(N)=C(/N)CCc1ccccc1C. The van der Waals surface area contributed by atoms with Gasteiger partial charge in [0.15, 0.2) is 0 Å². The van der Waals surface area contributed by atoms with Gasteiger partial charge in [0.25, 0.3) is 0 Å². The largest absolute Gasteiger partial charge is 0.401 e. The van der Waals surface area contributed by atoms with E-state index in [0.29, 0.717) is 0 Å². The Labute approximate surface area is 85.6 Å². The molecule has 0 fully saturated rings. The summed E-state index contributed by atoms with van der Waals surface area (Å²) in [5.74, 6) is 0. The third kappa shape index (κ3) is 2.80. The van der Waals surface area contributed by atoms with Crippen LogP contribution < -0.4 is 11.5 Å². The van der Waals surface area contributed by atoms with Crippen molar-refractivity contribution in [2.75, 3.05) is 0 Å². The van der Waals surface area contributed by atoms with Crippen LogP contribution in [0, 0.1) is 6.92 Å². The Balaban J connectivity index is 2.63. The van der Waals surface area contributed by atoms with Gasteiger partial charge < -0.3 is 11.5 Å². The summed E-state index contributed by atoms with van der Waals surface area (Å²) in [5, 5.41) is 0. The van der Waals surface area contributed by atoms with Crippen LogP contribution in [0.5, 0.6) is 0 Å². The van der Waals surface area contributed by atoms with E-state index in [9.17, 15) is 0 Å². The summed E-state index contributed by atoms with van der Waals surface area (Å²) in [5.41, 5.74) is 15.6. The van der Waals surface area contributed by atoms with E-state index in [1.807, 2.05) is 13.0 Å². The number of nitrogens with two attached hydrogens (primary N) is 2. The van der Waals surface area contributed by atoms with Crippen molar-refractivity contribution < 1.29 is 0 Å². The third-order valence-corrected chi connectivity index (χ3v) is 2.43. The molecule has 0 aliphatic carbocycles. The lowest BCUT2D eigenvalue weighted by Crippen LogP contribution is -2.08. The Kier molecular flexibility index (Phi) is 3.57. The van der Waals surface area contributed by atoms with Gasteiger partial charge in [-0.05, 0) is 37.8 Å². The van der Waals surface area contributed by atoms with Crippen LogP contribution in [-0.2, 0) is 6.42 Å². The summed E-state index contributed by atoms with van der Waals surface area (Å²) >= 11 is 0. The minimum absolute atomic E-state index is 0.735. The lowest BCUT2D eigenvalue weighted by molar-refractivity contribution is 0.895. The first-order valence-electron chi connectivity index (χ1n) is 4.86. The van der Waals surface area contributed by atoms with Gasteiger partial charge in [-0.25, -0.2) is 0 Å². The van der Waals surface area contributed by atoms with Crippen LogP contribution in [-0.4, -0.2) is 0 Å². The molecule has 0 atom stereocenters. The van der Waals surface area contributed by atoms with Crippen LogP contribution in [0.2, 0.25) is 0 Å². The van der Waals surface area contributed by atoms with Gasteiger partial charge in [-0.15, -0.1) is 0 Å². The van der Waals surface area contributed by atoms with Crippen molar-refractivity contribution in [1.29, 1.82) is 0 Å². The van der Waals surface area contributed by atoms with Crippen LogP contribution in [0.4, 0.5) is 0 Å². The molecule has 0 aliphatic rings. The van der Waals surface area contributed by atoms with E-state index in [1.165, 1.54) is 11.1 Å². The average molecular weight is 190 g/mol. The molecule has 1 aromatic rings. The first-order valence-corrected chi connectivity index (χ1v) is 4.86. The fraction of sp³-hybridized carbons (Fsp3) is 0.333. The van der Waals surface area contributed by atoms with Gasteiger partial charge >= 0.3 is 0 Å². The molecule has 2 nitrogen and oxygen atoms in total. The standard InChI is InChI=1S/C12H18N2/c1-9-5-3-4-6-11(9)7-8-12(14)10(2)13/h3-6H,7-8,13-14H2,1-2H3/b12-10-. The molecule has 1 rings (SSSR count). The number of benzene rings is 1. The van der Waals surface area contributed by atoms with E-state index in [-0.39, 0.29) is 0 Å². The zero-order valence-corrected chi connectivity index (χ0v) is 8.88. The molecule has 76 valence electrons. The predicted molar refractivity (Wildman–Crippen MR) is 60.6 cm³/mol. The minimum Gasteiger partial charge on any atom is -0.401 e. The summed E-state index contributed by atoms with van der Waals surface area (Å²) < 4.78 is 0. The molecule has 0 spiro atoms. The maximum Gasteiger partial charge on any atom is 0.0271 e. The Morgan fingerprint density at radius 2 is 1.86 bits per heavy atom. The van der Waals surface area contributed by atoms with Crippen LogP contribution in [0.15, 0.2) is 35.7 Å². The lowest BCUT2D eigenvalue weighted by atomic mass is 10.0. The zero-order valence-electron chi connectivity index (χ0n) is 8.88. The Morgan fingerprint density at radius 1 is 1.21 bits per heavy atom. The van der Waals surface area contributed by atoms with Gasteiger partial charge in [0.2, 0.25) is 0 Å². The molecule has 0 radical (unpaired) electrons. The summed E-state index contributed by atoms with van der Waals surface area (Å²) in [7, 11) is 0. The highest BCUT2D eigenvalue weighted by atomic mass is 14.7. The van der Waals surface area contributed by atoms with Crippen LogP contribution in [0.25, 0.3) is 0 Å². The van der Waals surface area contributed by atoms with Crippen molar-refractivity contribution >= 4 is 0 Å². The Hall–Kier alpha value is -1.44. The molecule has 0 aliphatic heterocycles. The van der Waals surface area contributed by atoms with E-state index >= 15 is 0 Å². The first kappa shape index (κ1) is 10.6. The highest BCUT2D eigenvalue weighted by molar-refractivity contribution is 5.26. The first-order chi connectivity index (χ1) is 6.61. The molecule has 0 unspecified atom stereocenters. The second-order valence-electron chi connectivity index (χ2n) is 3.63. The summed E-state index contributed by atoms with van der Waals surface area (Å²) in [6.07, 6.45) is 1.81. The molecule has 4 N–H and O–H groups in total. The zero-order chi connectivity index (χ0) is 10.6. The Morgan fingerprint density at radius 3 is 2.43 bits per heavy atom. The molecule has 0 saturated heterocycles. The van der Waals surface area contributed by atoms with Crippen molar-refractivity contribution in [2.45, 2.75) is 26.7 Å². The van der Waals surface area contributed by atoms with E-state index in [2.05, 4.69) is 25.1 Å². The van der Waals surface area contributed by atoms with Crippen molar-refractivity contribution in [2.24, 2.45) is 11.5 Å². The molecular formula is C12H18N2. The monoisotopic (exact) mass is 190 g/mol. The highest BCUT2D eigenvalue weighted by Crippen LogP contribution is 2.11. The summed E-state index contributed by atoms with van der Waals surface area (Å²) in [4.78, 5) is 0. The highest BCUT2D eigenvalue weighted by Gasteiger charge is 1.99. The number of rotatable bonds is 3. The maximum absolute atomic E-state index is 5.77. The van der Waals surface area contributed by atoms with Crippen LogP contribution in [0.1, 0.15) is 24.5 Å². The topological polar surface area (TPSA) is 52.0 Å². The molecule has 1 aromatic carbocycles. The van der Waals surface area contributed by atoms with E-state index in [1.54, 1.807) is 0 Å². The molecule has 0 amide bonds. The second-order valence-corrected chi connectivity index (χ2v) is 3.63. The molecule has 0 aromatic heterocycles. The van der Waals surface area contributed by atoms with Crippen LogP contribution >= 0.6 is 0 Å².